The second-order valence-corrected chi connectivity index (χ2v) is 4.56. The maximum Gasteiger partial charge on any atom is 0.119 e. The van der Waals surface area contributed by atoms with Gasteiger partial charge in [-0.3, -0.25) is 0 Å². The summed E-state index contributed by atoms with van der Waals surface area (Å²) in [5.41, 5.74) is 0.929. The van der Waals surface area contributed by atoms with Crippen LogP contribution in [-0.4, -0.2) is 22.7 Å². The lowest BCUT2D eigenvalue weighted by Gasteiger charge is -2.12. The molecule has 76 valence electrons. The largest absolute Gasteiger partial charge is 0.490 e. The fourth-order valence-electron chi connectivity index (χ4n) is 1.47. The Kier molecular flexibility index (Phi) is 3.32. The van der Waals surface area contributed by atoms with Crippen molar-refractivity contribution in [3.05, 3.63) is 29.8 Å². The van der Waals surface area contributed by atoms with Gasteiger partial charge in [-0.05, 0) is 29.9 Å². The molecule has 3 heteroatoms. The first kappa shape index (κ1) is 9.87. The van der Waals surface area contributed by atoms with Gasteiger partial charge in [-0.15, -0.1) is 0 Å². The number of thioether (sulfide) groups is 1. The molecule has 0 aromatic heterocycles. The van der Waals surface area contributed by atoms with Gasteiger partial charge in [0.2, 0.25) is 0 Å². The molecule has 1 atom stereocenters. The molecule has 0 saturated carbocycles. The van der Waals surface area contributed by atoms with Crippen LogP contribution in [0.2, 0.25) is 0 Å². The van der Waals surface area contributed by atoms with E-state index in [2.05, 4.69) is 0 Å². The Hall–Kier alpha value is -0.670. The molecule has 0 bridgehead atoms. The topological polar surface area (TPSA) is 29.5 Å². The molecule has 1 heterocycles. The lowest BCUT2D eigenvalue weighted by molar-refractivity contribution is 0.229. The van der Waals surface area contributed by atoms with Crippen molar-refractivity contribution >= 4 is 11.8 Å². The van der Waals surface area contributed by atoms with E-state index < -0.39 is 0 Å². The molecule has 2 rings (SSSR count). The summed E-state index contributed by atoms with van der Waals surface area (Å²) in [5.74, 6) is 3.22. The Bertz CT molecular complexity index is 278. The zero-order chi connectivity index (χ0) is 9.80. The summed E-state index contributed by atoms with van der Waals surface area (Å²) in [7, 11) is 0. The highest BCUT2D eigenvalue weighted by molar-refractivity contribution is 7.99. The maximum absolute atomic E-state index is 8.87. The van der Waals surface area contributed by atoms with Crippen LogP contribution in [0.15, 0.2) is 24.3 Å². The van der Waals surface area contributed by atoms with E-state index in [-0.39, 0.29) is 6.61 Å². The van der Waals surface area contributed by atoms with E-state index in [1.807, 2.05) is 36.0 Å². The zero-order valence-electron chi connectivity index (χ0n) is 7.98. The van der Waals surface area contributed by atoms with Crippen LogP contribution in [0.5, 0.6) is 5.75 Å². The molecule has 0 radical (unpaired) electrons. The van der Waals surface area contributed by atoms with Crippen LogP contribution in [0.3, 0.4) is 0 Å². The van der Waals surface area contributed by atoms with Crippen molar-refractivity contribution in [3.8, 4) is 5.75 Å². The fourth-order valence-corrected chi connectivity index (χ4v) is 2.57. The molecule has 1 fully saturated rings. The molecule has 1 aromatic rings. The van der Waals surface area contributed by atoms with Crippen LogP contribution >= 0.6 is 11.8 Å². The molecule has 2 nitrogen and oxygen atoms in total. The summed E-state index contributed by atoms with van der Waals surface area (Å²) >= 11 is 1.94. The van der Waals surface area contributed by atoms with Gasteiger partial charge in [0.1, 0.15) is 11.9 Å². The zero-order valence-corrected chi connectivity index (χ0v) is 8.80. The van der Waals surface area contributed by atoms with Gasteiger partial charge in [-0.1, -0.05) is 12.1 Å². The summed E-state index contributed by atoms with van der Waals surface area (Å²) in [6, 6.07) is 7.65. The summed E-state index contributed by atoms with van der Waals surface area (Å²) < 4.78 is 5.77. The molecule has 14 heavy (non-hydrogen) atoms. The summed E-state index contributed by atoms with van der Waals surface area (Å²) in [6.45, 7) is 0.0968. The first-order valence-electron chi connectivity index (χ1n) is 4.82. The highest BCUT2D eigenvalue weighted by Gasteiger charge is 2.16. The average Bonchev–Trinajstić information content (AvgIpc) is 2.72. The first-order chi connectivity index (χ1) is 6.88. The first-order valence-corrected chi connectivity index (χ1v) is 5.98. The Balaban J connectivity index is 1.95. The third-order valence-corrected chi connectivity index (χ3v) is 3.43. The van der Waals surface area contributed by atoms with Gasteiger partial charge in [0.05, 0.1) is 6.61 Å². The number of ether oxygens (including phenoxy) is 1. The van der Waals surface area contributed by atoms with E-state index in [0.717, 1.165) is 23.5 Å². The molecular formula is C11H14O2S. The molecular weight excluding hydrogens is 196 g/mol. The summed E-state index contributed by atoms with van der Waals surface area (Å²) in [5, 5.41) is 8.87. The fraction of sp³-hybridized carbons (Fsp3) is 0.455. The van der Waals surface area contributed by atoms with Crippen LogP contribution in [0, 0.1) is 0 Å². The van der Waals surface area contributed by atoms with Crippen LogP contribution in [0.1, 0.15) is 12.0 Å². The Morgan fingerprint density at radius 2 is 2.14 bits per heavy atom. The highest BCUT2D eigenvalue weighted by atomic mass is 32.2. The number of aliphatic hydroxyl groups excluding tert-OH is 1. The molecule has 1 unspecified atom stereocenters. The quantitative estimate of drug-likeness (QED) is 0.828. The minimum Gasteiger partial charge on any atom is -0.490 e. The van der Waals surface area contributed by atoms with E-state index in [4.69, 9.17) is 9.84 Å². The standard InChI is InChI=1S/C11H14O2S/c12-7-9-1-3-10(4-2-9)13-11-5-6-14-8-11/h1-4,11-12H,5-8H2. The molecule has 0 spiro atoms. The monoisotopic (exact) mass is 210 g/mol. The van der Waals surface area contributed by atoms with Crippen molar-refractivity contribution in [2.24, 2.45) is 0 Å². The Labute approximate surface area is 88.3 Å². The predicted octanol–water partition coefficient (Wildman–Crippen LogP) is 2.06. The van der Waals surface area contributed by atoms with E-state index in [9.17, 15) is 0 Å². The number of hydrogen-bond donors (Lipinski definition) is 1. The van der Waals surface area contributed by atoms with Crippen LogP contribution in [-0.2, 0) is 6.61 Å². The van der Waals surface area contributed by atoms with E-state index in [0.29, 0.717) is 6.10 Å². The minimum atomic E-state index is 0.0968. The molecule has 1 N–H and O–H groups in total. The van der Waals surface area contributed by atoms with Gasteiger partial charge in [-0.25, -0.2) is 0 Å². The van der Waals surface area contributed by atoms with Crippen molar-refractivity contribution in [2.45, 2.75) is 19.1 Å². The van der Waals surface area contributed by atoms with Gasteiger partial charge < -0.3 is 9.84 Å². The van der Waals surface area contributed by atoms with Crippen molar-refractivity contribution in [3.63, 3.8) is 0 Å². The van der Waals surface area contributed by atoms with Gasteiger partial charge >= 0.3 is 0 Å². The Morgan fingerprint density at radius 3 is 2.71 bits per heavy atom. The van der Waals surface area contributed by atoms with E-state index >= 15 is 0 Å². The molecule has 1 aromatic carbocycles. The minimum absolute atomic E-state index is 0.0968. The van der Waals surface area contributed by atoms with Gasteiger partial charge in [0.25, 0.3) is 0 Å². The van der Waals surface area contributed by atoms with Crippen LogP contribution < -0.4 is 4.74 Å². The van der Waals surface area contributed by atoms with Crippen molar-refractivity contribution in [1.82, 2.24) is 0 Å². The molecule has 0 aliphatic carbocycles. The lowest BCUT2D eigenvalue weighted by atomic mass is 10.2. The Morgan fingerprint density at radius 1 is 1.36 bits per heavy atom. The van der Waals surface area contributed by atoms with Crippen molar-refractivity contribution in [2.75, 3.05) is 11.5 Å². The maximum atomic E-state index is 8.87. The normalized spacial score (nSPS) is 21.1. The van der Waals surface area contributed by atoms with Gasteiger partial charge in [0, 0.05) is 5.75 Å². The number of hydrogen-bond acceptors (Lipinski definition) is 3. The van der Waals surface area contributed by atoms with Crippen LogP contribution in [0.25, 0.3) is 0 Å². The second kappa shape index (κ2) is 4.71. The van der Waals surface area contributed by atoms with Gasteiger partial charge in [0.15, 0.2) is 0 Å². The molecule has 1 aliphatic rings. The molecule has 1 saturated heterocycles. The third-order valence-electron chi connectivity index (χ3n) is 2.30. The summed E-state index contributed by atoms with van der Waals surface area (Å²) in [4.78, 5) is 0. The molecule has 1 aliphatic heterocycles. The highest BCUT2D eigenvalue weighted by Crippen LogP contribution is 2.23. The number of aliphatic hydroxyl groups is 1. The second-order valence-electron chi connectivity index (χ2n) is 3.41. The smallest absolute Gasteiger partial charge is 0.119 e. The van der Waals surface area contributed by atoms with Gasteiger partial charge in [-0.2, -0.15) is 11.8 Å². The average molecular weight is 210 g/mol. The van der Waals surface area contributed by atoms with E-state index in [1.165, 1.54) is 5.75 Å². The number of benzene rings is 1. The van der Waals surface area contributed by atoms with Crippen LogP contribution in [0.4, 0.5) is 0 Å². The summed E-state index contributed by atoms with van der Waals surface area (Å²) in [6.07, 6.45) is 1.52. The van der Waals surface area contributed by atoms with E-state index in [1.54, 1.807) is 0 Å². The lowest BCUT2D eigenvalue weighted by Crippen LogP contribution is -2.14. The molecule has 0 amide bonds. The number of rotatable bonds is 3. The van der Waals surface area contributed by atoms with Crippen molar-refractivity contribution < 1.29 is 9.84 Å². The van der Waals surface area contributed by atoms with Crippen molar-refractivity contribution in [1.29, 1.82) is 0 Å². The predicted molar refractivity (Wildman–Crippen MR) is 58.7 cm³/mol. The third kappa shape index (κ3) is 2.42. The SMILES string of the molecule is OCc1ccc(OC2CCSC2)cc1.